The van der Waals surface area contributed by atoms with Crippen LogP contribution in [0.5, 0.6) is 0 Å². The molecule has 0 unspecified atom stereocenters. The summed E-state index contributed by atoms with van der Waals surface area (Å²) in [5.41, 5.74) is 1.74. The number of carbonyl (C=O) groups excluding carboxylic acids is 2. The highest BCUT2D eigenvalue weighted by atomic mass is 16.2. The Balaban J connectivity index is 1.21. The maximum absolute atomic E-state index is 13.0. The third-order valence-corrected chi connectivity index (χ3v) is 7.32. The quantitative estimate of drug-likeness (QED) is 0.903. The van der Waals surface area contributed by atoms with Crippen molar-refractivity contribution in [2.24, 2.45) is 23.2 Å². The van der Waals surface area contributed by atoms with E-state index >= 15 is 0 Å². The van der Waals surface area contributed by atoms with Crippen LogP contribution in [0.2, 0.25) is 0 Å². The van der Waals surface area contributed by atoms with Crippen molar-refractivity contribution in [3.8, 4) is 0 Å². The molecule has 1 aliphatic heterocycles. The third-order valence-electron chi connectivity index (χ3n) is 7.32. The molecule has 4 aliphatic carbocycles. The van der Waals surface area contributed by atoms with Crippen LogP contribution < -0.4 is 5.32 Å². The molecule has 1 saturated heterocycles. The van der Waals surface area contributed by atoms with Crippen molar-refractivity contribution in [3.63, 3.8) is 0 Å². The molecule has 0 aromatic heterocycles. The monoisotopic (exact) mass is 352 g/mol. The first-order chi connectivity index (χ1) is 12.6. The molecule has 0 spiro atoms. The average molecular weight is 352 g/mol. The van der Waals surface area contributed by atoms with Gasteiger partial charge in [0, 0.05) is 30.6 Å². The normalized spacial score (nSPS) is 34.5. The Kier molecular flexibility index (Phi) is 3.84. The number of likely N-dealkylation sites (tertiary alicyclic amines) is 1. The van der Waals surface area contributed by atoms with Gasteiger partial charge in [-0.05, 0) is 80.4 Å². The van der Waals surface area contributed by atoms with E-state index in [0.29, 0.717) is 6.54 Å². The SMILES string of the molecule is O=C(c1ccc(CNC(=O)C23CC4CC(CC(C4)C2)C3)cc1)N1CCC1. The summed E-state index contributed by atoms with van der Waals surface area (Å²) >= 11 is 0. The molecule has 26 heavy (non-hydrogen) atoms. The zero-order valence-electron chi connectivity index (χ0n) is 15.4. The van der Waals surface area contributed by atoms with Gasteiger partial charge in [-0.15, -0.1) is 0 Å². The number of amides is 2. The predicted octanol–water partition coefficient (Wildman–Crippen LogP) is 3.37. The lowest BCUT2D eigenvalue weighted by atomic mass is 9.49. The number of rotatable bonds is 4. The summed E-state index contributed by atoms with van der Waals surface area (Å²) in [6.45, 7) is 2.32. The number of nitrogens with one attached hydrogen (secondary N) is 1. The van der Waals surface area contributed by atoms with Crippen molar-refractivity contribution < 1.29 is 9.59 Å². The van der Waals surface area contributed by atoms with Crippen molar-refractivity contribution in [3.05, 3.63) is 35.4 Å². The molecule has 1 heterocycles. The van der Waals surface area contributed by atoms with Gasteiger partial charge in [0.05, 0.1) is 0 Å². The lowest BCUT2D eigenvalue weighted by Crippen LogP contribution is -2.53. The van der Waals surface area contributed by atoms with E-state index < -0.39 is 0 Å². The first-order valence-electron chi connectivity index (χ1n) is 10.3. The Morgan fingerprint density at radius 3 is 2.04 bits per heavy atom. The van der Waals surface area contributed by atoms with Gasteiger partial charge in [-0.1, -0.05) is 12.1 Å². The van der Waals surface area contributed by atoms with E-state index in [-0.39, 0.29) is 17.2 Å². The molecule has 138 valence electrons. The molecule has 5 fully saturated rings. The van der Waals surface area contributed by atoms with E-state index in [2.05, 4.69) is 5.32 Å². The van der Waals surface area contributed by atoms with Gasteiger partial charge in [-0.25, -0.2) is 0 Å². The van der Waals surface area contributed by atoms with E-state index in [4.69, 9.17) is 0 Å². The third kappa shape index (κ3) is 2.74. The Bertz CT molecular complexity index is 685. The molecule has 1 N–H and O–H groups in total. The van der Waals surface area contributed by atoms with E-state index in [9.17, 15) is 9.59 Å². The second-order valence-corrected chi connectivity index (χ2v) is 9.22. The fourth-order valence-electron chi connectivity index (χ4n) is 6.23. The molecule has 1 aromatic carbocycles. The van der Waals surface area contributed by atoms with Gasteiger partial charge in [0.25, 0.3) is 5.91 Å². The fraction of sp³-hybridized carbons (Fsp3) is 0.636. The van der Waals surface area contributed by atoms with Crippen LogP contribution >= 0.6 is 0 Å². The van der Waals surface area contributed by atoms with Crippen LogP contribution in [-0.4, -0.2) is 29.8 Å². The molecular formula is C22H28N2O2. The fourth-order valence-corrected chi connectivity index (χ4v) is 6.23. The number of hydrogen-bond acceptors (Lipinski definition) is 2. The topological polar surface area (TPSA) is 49.4 Å². The second-order valence-electron chi connectivity index (χ2n) is 9.22. The molecule has 4 heteroatoms. The highest BCUT2D eigenvalue weighted by Crippen LogP contribution is 2.60. The van der Waals surface area contributed by atoms with Crippen LogP contribution in [0.4, 0.5) is 0 Å². The first kappa shape index (κ1) is 16.3. The standard InChI is InChI=1S/C22H28N2O2/c25-20(24-6-1-7-24)19-4-2-15(3-5-19)14-23-21(26)22-11-16-8-17(12-22)10-18(9-16)13-22/h2-5,16-18H,1,6-14H2,(H,23,26). The van der Waals surface area contributed by atoms with Crippen LogP contribution in [-0.2, 0) is 11.3 Å². The van der Waals surface area contributed by atoms with Crippen molar-refractivity contribution in [1.29, 1.82) is 0 Å². The van der Waals surface area contributed by atoms with Gasteiger partial charge in [-0.3, -0.25) is 9.59 Å². The minimum Gasteiger partial charge on any atom is -0.352 e. The van der Waals surface area contributed by atoms with Gasteiger partial charge < -0.3 is 10.2 Å². The van der Waals surface area contributed by atoms with E-state index in [1.807, 2.05) is 29.2 Å². The van der Waals surface area contributed by atoms with Crippen LogP contribution in [0.1, 0.15) is 60.9 Å². The van der Waals surface area contributed by atoms with Gasteiger partial charge in [-0.2, -0.15) is 0 Å². The highest BCUT2D eigenvalue weighted by molar-refractivity contribution is 5.94. The van der Waals surface area contributed by atoms with Crippen LogP contribution in [0.15, 0.2) is 24.3 Å². The molecule has 1 aromatic rings. The van der Waals surface area contributed by atoms with Crippen LogP contribution in [0.3, 0.4) is 0 Å². The highest BCUT2D eigenvalue weighted by Gasteiger charge is 2.54. The minimum atomic E-state index is -0.0812. The second kappa shape index (κ2) is 6.11. The minimum absolute atomic E-state index is 0.0812. The molecule has 0 atom stereocenters. The summed E-state index contributed by atoms with van der Waals surface area (Å²) in [7, 11) is 0. The summed E-state index contributed by atoms with van der Waals surface area (Å²) in [5, 5.41) is 3.22. The van der Waals surface area contributed by atoms with E-state index in [1.165, 1.54) is 19.3 Å². The maximum atomic E-state index is 13.0. The molecule has 6 rings (SSSR count). The van der Waals surface area contributed by atoms with Crippen molar-refractivity contribution in [1.82, 2.24) is 10.2 Å². The Labute approximate surface area is 155 Å². The molecule has 4 bridgehead atoms. The molecule has 2 amide bonds. The average Bonchev–Trinajstić information content (AvgIpc) is 2.57. The summed E-state index contributed by atoms with van der Waals surface area (Å²) in [5.74, 6) is 2.77. The van der Waals surface area contributed by atoms with Gasteiger partial charge in [0.1, 0.15) is 0 Å². The number of hydrogen-bond donors (Lipinski definition) is 1. The Morgan fingerprint density at radius 2 is 1.54 bits per heavy atom. The summed E-state index contributed by atoms with van der Waals surface area (Å²) in [4.78, 5) is 27.1. The number of benzene rings is 1. The zero-order chi connectivity index (χ0) is 17.7. The summed E-state index contributed by atoms with van der Waals surface area (Å²) in [6, 6.07) is 7.75. The van der Waals surface area contributed by atoms with E-state index in [1.54, 1.807) is 0 Å². The zero-order valence-corrected chi connectivity index (χ0v) is 15.4. The smallest absolute Gasteiger partial charge is 0.253 e. The Morgan fingerprint density at radius 1 is 0.962 bits per heavy atom. The van der Waals surface area contributed by atoms with Crippen molar-refractivity contribution >= 4 is 11.8 Å². The van der Waals surface area contributed by atoms with Gasteiger partial charge >= 0.3 is 0 Å². The maximum Gasteiger partial charge on any atom is 0.253 e. The van der Waals surface area contributed by atoms with Crippen molar-refractivity contribution in [2.45, 2.75) is 51.5 Å². The largest absolute Gasteiger partial charge is 0.352 e. The molecule has 4 saturated carbocycles. The van der Waals surface area contributed by atoms with Gasteiger partial charge in [0.2, 0.25) is 5.91 Å². The van der Waals surface area contributed by atoms with Crippen LogP contribution in [0, 0.1) is 23.2 Å². The molecular weight excluding hydrogens is 324 g/mol. The first-order valence-corrected chi connectivity index (χ1v) is 10.3. The summed E-state index contributed by atoms with van der Waals surface area (Å²) < 4.78 is 0. The molecule has 5 aliphatic rings. The van der Waals surface area contributed by atoms with Crippen molar-refractivity contribution in [2.75, 3.05) is 13.1 Å². The Hall–Kier alpha value is -1.84. The van der Waals surface area contributed by atoms with E-state index in [0.717, 1.165) is 67.7 Å². The lowest BCUT2D eigenvalue weighted by molar-refractivity contribution is -0.146. The lowest BCUT2D eigenvalue weighted by Gasteiger charge is -2.55. The summed E-state index contributed by atoms with van der Waals surface area (Å²) in [6.07, 6.45) is 8.51. The van der Waals surface area contributed by atoms with Gasteiger partial charge in [0.15, 0.2) is 0 Å². The number of nitrogens with zero attached hydrogens (tertiary/aromatic N) is 1. The molecule has 0 radical (unpaired) electrons. The van der Waals surface area contributed by atoms with Crippen LogP contribution in [0.25, 0.3) is 0 Å². The predicted molar refractivity (Wildman–Crippen MR) is 99.4 cm³/mol. The number of carbonyl (C=O) groups is 2. The molecule has 4 nitrogen and oxygen atoms in total.